The number of carbonyl (C=O) groups excluding carboxylic acids is 3. The second-order valence-electron chi connectivity index (χ2n) is 9.00. The number of imide groups is 1. The summed E-state index contributed by atoms with van der Waals surface area (Å²) in [6, 6.07) is 22.6. The van der Waals surface area contributed by atoms with Crippen LogP contribution in [-0.2, 0) is 19.8 Å². The van der Waals surface area contributed by atoms with Crippen molar-refractivity contribution < 1.29 is 19.1 Å². The third-order valence-corrected chi connectivity index (χ3v) is 7.44. The van der Waals surface area contributed by atoms with Crippen molar-refractivity contribution in [3.63, 3.8) is 0 Å². The molecule has 0 spiro atoms. The Bertz CT molecular complexity index is 1250. The SMILES string of the molecule is CCCOc1ccc(N2C(=O)C3[C@@H](C2=O)C2c4ccccc4C3(C=O)c3ccccc32)cc1. The largest absolute Gasteiger partial charge is 0.494 e. The van der Waals surface area contributed by atoms with Gasteiger partial charge in [-0.05, 0) is 52.9 Å². The van der Waals surface area contributed by atoms with Gasteiger partial charge in [-0.1, -0.05) is 55.5 Å². The third-order valence-electron chi connectivity index (χ3n) is 7.44. The van der Waals surface area contributed by atoms with E-state index in [0.29, 0.717) is 18.0 Å². The Labute approximate surface area is 192 Å². The Hall–Kier alpha value is -3.73. The van der Waals surface area contributed by atoms with Gasteiger partial charge in [0.05, 0.1) is 29.5 Å². The molecule has 2 atom stereocenters. The Kier molecular flexibility index (Phi) is 4.31. The van der Waals surface area contributed by atoms with Crippen LogP contribution in [0.4, 0.5) is 5.69 Å². The fraction of sp³-hybridized carbons (Fsp3) is 0.250. The van der Waals surface area contributed by atoms with E-state index in [9.17, 15) is 14.4 Å². The lowest BCUT2D eigenvalue weighted by molar-refractivity contribution is -0.128. The Balaban J connectivity index is 1.51. The number of benzene rings is 3. The standard InChI is InChI=1S/C28H23NO4/c1-2-15-33-18-13-11-17(12-14-18)29-26(31)24-23-19-7-3-5-9-21(19)28(16-30,25(24)27(29)32)22-10-6-4-8-20(22)23/h3-14,16,23-25H,2,15H2,1H3/t23?,24-,25?,28?/m0/s1. The van der Waals surface area contributed by atoms with Gasteiger partial charge >= 0.3 is 0 Å². The van der Waals surface area contributed by atoms with Crippen molar-refractivity contribution >= 4 is 23.8 Å². The lowest BCUT2D eigenvalue weighted by atomic mass is 9.48. The van der Waals surface area contributed by atoms with Crippen LogP contribution < -0.4 is 9.64 Å². The molecule has 3 aliphatic carbocycles. The molecular weight excluding hydrogens is 414 g/mol. The molecule has 1 fully saturated rings. The first-order valence-corrected chi connectivity index (χ1v) is 11.4. The third kappa shape index (κ3) is 2.45. The minimum Gasteiger partial charge on any atom is -0.494 e. The van der Waals surface area contributed by atoms with Crippen molar-refractivity contribution in [2.45, 2.75) is 24.7 Å². The van der Waals surface area contributed by atoms with E-state index in [1.807, 2.05) is 55.5 Å². The number of nitrogens with zero attached hydrogens (tertiary/aromatic N) is 1. The molecule has 0 aromatic heterocycles. The molecule has 2 bridgehead atoms. The van der Waals surface area contributed by atoms with Gasteiger partial charge in [0.2, 0.25) is 11.8 Å². The maximum Gasteiger partial charge on any atom is 0.239 e. The van der Waals surface area contributed by atoms with Gasteiger partial charge in [-0.2, -0.15) is 0 Å². The molecule has 33 heavy (non-hydrogen) atoms. The van der Waals surface area contributed by atoms with Crippen LogP contribution in [0.3, 0.4) is 0 Å². The van der Waals surface area contributed by atoms with Crippen LogP contribution in [0.2, 0.25) is 0 Å². The molecule has 5 heteroatoms. The molecule has 5 nitrogen and oxygen atoms in total. The molecule has 3 aromatic rings. The van der Waals surface area contributed by atoms with Crippen molar-refractivity contribution in [2.75, 3.05) is 11.5 Å². The number of hydrogen-bond acceptors (Lipinski definition) is 4. The summed E-state index contributed by atoms with van der Waals surface area (Å²) in [5.74, 6) is -1.48. The van der Waals surface area contributed by atoms with Crippen LogP contribution in [-0.4, -0.2) is 24.7 Å². The van der Waals surface area contributed by atoms with Crippen LogP contribution in [0.15, 0.2) is 72.8 Å². The average Bonchev–Trinajstić information content (AvgIpc) is 3.14. The maximum atomic E-state index is 13.9. The highest BCUT2D eigenvalue weighted by atomic mass is 16.5. The van der Waals surface area contributed by atoms with Gasteiger partial charge in [0.25, 0.3) is 0 Å². The first-order chi connectivity index (χ1) is 16.1. The molecule has 1 aliphatic heterocycles. The van der Waals surface area contributed by atoms with E-state index < -0.39 is 17.3 Å². The predicted molar refractivity (Wildman–Crippen MR) is 123 cm³/mol. The van der Waals surface area contributed by atoms with Crippen molar-refractivity contribution in [3.05, 3.63) is 95.1 Å². The van der Waals surface area contributed by atoms with Crippen molar-refractivity contribution in [1.82, 2.24) is 0 Å². The second-order valence-corrected chi connectivity index (χ2v) is 9.00. The number of ether oxygens (including phenoxy) is 1. The summed E-state index contributed by atoms with van der Waals surface area (Å²) in [5, 5.41) is 0. The van der Waals surface area contributed by atoms with Crippen molar-refractivity contribution in [3.8, 4) is 5.75 Å². The number of anilines is 1. The minimum atomic E-state index is -1.17. The van der Waals surface area contributed by atoms with Gasteiger partial charge < -0.3 is 9.53 Å². The Morgan fingerprint density at radius 3 is 2.06 bits per heavy atom. The molecule has 1 heterocycles. The molecular formula is C28H23NO4. The Morgan fingerprint density at radius 1 is 0.879 bits per heavy atom. The number of aldehydes is 1. The van der Waals surface area contributed by atoms with E-state index in [2.05, 4.69) is 0 Å². The number of rotatable bonds is 5. The quantitative estimate of drug-likeness (QED) is 0.443. The zero-order valence-electron chi connectivity index (χ0n) is 18.2. The van der Waals surface area contributed by atoms with Crippen LogP contribution >= 0.6 is 0 Å². The summed E-state index contributed by atoms with van der Waals surface area (Å²) in [6.07, 6.45) is 1.79. The van der Waals surface area contributed by atoms with Gasteiger partial charge in [-0.25, -0.2) is 4.90 Å². The monoisotopic (exact) mass is 437 g/mol. The first-order valence-electron chi connectivity index (χ1n) is 11.4. The maximum absolute atomic E-state index is 13.9. The second kappa shape index (κ2) is 7.14. The lowest BCUT2D eigenvalue weighted by Gasteiger charge is -2.51. The fourth-order valence-electron chi connectivity index (χ4n) is 6.20. The highest BCUT2D eigenvalue weighted by Gasteiger charge is 2.68. The Morgan fingerprint density at radius 2 is 1.48 bits per heavy atom. The van der Waals surface area contributed by atoms with Crippen LogP contribution in [0.5, 0.6) is 5.75 Å². The molecule has 0 radical (unpaired) electrons. The van der Waals surface area contributed by atoms with Crippen LogP contribution in [0, 0.1) is 11.8 Å². The smallest absolute Gasteiger partial charge is 0.239 e. The fourth-order valence-corrected chi connectivity index (χ4v) is 6.20. The van der Waals surface area contributed by atoms with E-state index in [1.165, 1.54) is 4.90 Å². The van der Waals surface area contributed by atoms with Gasteiger partial charge in [0.1, 0.15) is 12.0 Å². The van der Waals surface area contributed by atoms with Gasteiger partial charge in [-0.15, -0.1) is 0 Å². The molecule has 2 amide bonds. The van der Waals surface area contributed by atoms with E-state index in [-0.39, 0.29) is 17.7 Å². The summed E-state index contributed by atoms with van der Waals surface area (Å²) < 4.78 is 5.65. The van der Waals surface area contributed by atoms with Crippen molar-refractivity contribution in [1.29, 1.82) is 0 Å². The van der Waals surface area contributed by atoms with E-state index in [4.69, 9.17) is 4.74 Å². The normalized spacial score (nSPS) is 26.6. The molecule has 7 rings (SSSR count). The van der Waals surface area contributed by atoms with E-state index in [0.717, 1.165) is 35.0 Å². The summed E-state index contributed by atoms with van der Waals surface area (Å²) >= 11 is 0. The summed E-state index contributed by atoms with van der Waals surface area (Å²) in [7, 11) is 0. The summed E-state index contributed by atoms with van der Waals surface area (Å²) in [4.78, 5) is 42.0. The molecule has 0 saturated carbocycles. The average molecular weight is 437 g/mol. The van der Waals surface area contributed by atoms with Crippen molar-refractivity contribution in [2.24, 2.45) is 11.8 Å². The number of carbonyl (C=O) groups is 3. The first kappa shape index (κ1) is 19.9. The zero-order valence-corrected chi connectivity index (χ0v) is 18.2. The van der Waals surface area contributed by atoms with Gasteiger partial charge in [0, 0.05) is 5.92 Å². The lowest BCUT2D eigenvalue weighted by Crippen LogP contribution is -2.54. The molecule has 1 unspecified atom stereocenters. The molecule has 3 aromatic carbocycles. The summed E-state index contributed by atoms with van der Waals surface area (Å²) in [6.45, 7) is 2.63. The van der Waals surface area contributed by atoms with Gasteiger partial charge in [0.15, 0.2) is 0 Å². The summed E-state index contributed by atoms with van der Waals surface area (Å²) in [5.41, 5.74) is 2.97. The zero-order chi connectivity index (χ0) is 22.7. The molecule has 1 saturated heterocycles. The highest BCUT2D eigenvalue weighted by molar-refractivity contribution is 6.24. The molecule has 164 valence electrons. The number of hydrogen-bond donors (Lipinski definition) is 0. The topological polar surface area (TPSA) is 63.7 Å². The van der Waals surface area contributed by atoms with Gasteiger partial charge in [-0.3, -0.25) is 9.59 Å². The van der Waals surface area contributed by atoms with E-state index in [1.54, 1.807) is 24.3 Å². The number of amides is 2. The van der Waals surface area contributed by atoms with Crippen LogP contribution in [0.1, 0.15) is 41.5 Å². The highest BCUT2D eigenvalue weighted by Crippen LogP contribution is 2.63. The minimum absolute atomic E-state index is 0.243. The predicted octanol–water partition coefficient (Wildman–Crippen LogP) is 4.23. The molecule has 4 aliphatic rings. The van der Waals surface area contributed by atoms with Crippen LogP contribution in [0.25, 0.3) is 0 Å². The molecule has 0 N–H and O–H groups in total. The van der Waals surface area contributed by atoms with E-state index >= 15 is 0 Å².